The molecule has 6 aromatic carbocycles. The van der Waals surface area contributed by atoms with Crippen LogP contribution in [0.15, 0.2) is 170 Å². The number of hydrogen-bond acceptors (Lipinski definition) is 2. The summed E-state index contributed by atoms with van der Waals surface area (Å²) in [5.74, 6) is 1.94. The first kappa shape index (κ1) is 27.0. The van der Waals surface area contributed by atoms with Gasteiger partial charge in [0.25, 0.3) is 6.33 Å². The summed E-state index contributed by atoms with van der Waals surface area (Å²) in [5, 5.41) is 2.18. The molecule has 5 nitrogen and oxygen atoms in total. The van der Waals surface area contributed by atoms with Gasteiger partial charge in [0.05, 0.1) is 36.1 Å². The zero-order valence-electron chi connectivity index (χ0n) is 43.3. The van der Waals surface area contributed by atoms with Crippen molar-refractivity contribution in [3.05, 3.63) is 187 Å². The molecule has 9 aromatic rings. The van der Waals surface area contributed by atoms with Crippen LogP contribution >= 0.6 is 0 Å². The number of benzene rings is 6. The second-order valence-corrected chi connectivity index (χ2v) is 16.7. The number of hydrogen-bond donors (Lipinski definition) is 0. The van der Waals surface area contributed by atoms with Crippen LogP contribution in [0.4, 0.5) is 0 Å². The molecule has 0 spiro atoms. The van der Waals surface area contributed by atoms with Gasteiger partial charge < -0.3 is 4.74 Å². The molecule has 0 aliphatic heterocycles. The molecular formula is C53H48N4O. The summed E-state index contributed by atoms with van der Waals surface area (Å²) in [7, 11) is 0. The second-order valence-electron chi connectivity index (χ2n) is 16.7. The summed E-state index contributed by atoms with van der Waals surface area (Å²) < 4.78 is 97.7. The summed E-state index contributed by atoms with van der Waals surface area (Å²) in [6.07, 6.45) is 9.39. The van der Waals surface area contributed by atoms with Crippen molar-refractivity contribution >= 4 is 21.8 Å². The van der Waals surface area contributed by atoms with E-state index in [-0.39, 0.29) is 38.8 Å². The molecule has 0 fully saturated rings. The Morgan fingerprint density at radius 3 is 2.07 bits per heavy atom. The Morgan fingerprint density at radius 1 is 0.690 bits per heavy atom. The first-order valence-corrected chi connectivity index (χ1v) is 19.3. The molecular weight excluding hydrogens is 709 g/mol. The van der Waals surface area contributed by atoms with E-state index in [2.05, 4.69) is 88.8 Å². The van der Waals surface area contributed by atoms with E-state index in [9.17, 15) is 0 Å². The first-order chi connectivity index (χ1) is 32.1. The summed E-state index contributed by atoms with van der Waals surface area (Å²) in [5.41, 5.74) is 5.33. The van der Waals surface area contributed by atoms with Gasteiger partial charge in [-0.05, 0) is 105 Å². The van der Waals surface area contributed by atoms with Crippen LogP contribution in [0.3, 0.4) is 0 Å². The highest BCUT2D eigenvalue weighted by Crippen LogP contribution is 2.38. The molecule has 0 amide bonds. The molecule has 0 saturated carbocycles. The molecule has 0 aliphatic rings. The van der Waals surface area contributed by atoms with Crippen LogP contribution in [0.1, 0.15) is 66.4 Å². The van der Waals surface area contributed by atoms with E-state index >= 15 is 0 Å². The topological polar surface area (TPSA) is 35.9 Å². The number of imidazole rings is 1. The Labute approximate surface area is 355 Å². The van der Waals surface area contributed by atoms with Gasteiger partial charge >= 0.3 is 0 Å². The van der Waals surface area contributed by atoms with E-state index in [0.717, 1.165) is 34.0 Å². The summed E-state index contributed by atoms with van der Waals surface area (Å²) in [4.78, 5) is 4.88. The quantitative estimate of drug-likeness (QED) is 0.114. The molecule has 0 saturated heterocycles. The van der Waals surface area contributed by atoms with Crippen molar-refractivity contribution in [1.82, 2.24) is 14.1 Å². The number of nitrogens with zero attached hydrogens (tertiary/aromatic N) is 4. The lowest BCUT2D eigenvalue weighted by molar-refractivity contribution is -0.598. The molecule has 0 radical (unpaired) electrons. The van der Waals surface area contributed by atoms with Crippen molar-refractivity contribution in [2.45, 2.75) is 53.4 Å². The zero-order valence-corrected chi connectivity index (χ0v) is 33.3. The normalized spacial score (nSPS) is 14.4. The molecule has 0 bridgehead atoms. The third kappa shape index (κ3) is 7.32. The molecule has 286 valence electrons. The second kappa shape index (κ2) is 14.7. The van der Waals surface area contributed by atoms with Gasteiger partial charge in [0.1, 0.15) is 17.3 Å². The summed E-state index contributed by atoms with van der Waals surface area (Å²) >= 11 is 0. The fourth-order valence-corrected chi connectivity index (χ4v) is 7.48. The summed E-state index contributed by atoms with van der Waals surface area (Å²) in [6, 6.07) is 23.9. The highest BCUT2D eigenvalue weighted by atomic mass is 16.5. The number of para-hydroxylation sites is 1. The van der Waals surface area contributed by atoms with Gasteiger partial charge in [-0.1, -0.05) is 132 Å². The Bertz CT molecular complexity index is 3360. The lowest BCUT2D eigenvalue weighted by atomic mass is 9.86. The average Bonchev–Trinajstić information content (AvgIpc) is 3.91. The van der Waals surface area contributed by atoms with Crippen LogP contribution in [-0.4, -0.2) is 14.1 Å². The number of ether oxygens (including phenoxy) is 1. The molecule has 58 heavy (non-hydrogen) atoms. The molecule has 3 aromatic heterocycles. The minimum Gasteiger partial charge on any atom is -0.458 e. The van der Waals surface area contributed by atoms with Gasteiger partial charge in [0.2, 0.25) is 0 Å². The Morgan fingerprint density at radius 2 is 1.38 bits per heavy atom. The van der Waals surface area contributed by atoms with E-state index in [4.69, 9.17) is 23.4 Å². The van der Waals surface area contributed by atoms with Crippen LogP contribution in [0.25, 0.3) is 61.3 Å². The van der Waals surface area contributed by atoms with E-state index in [1.807, 2.05) is 42.6 Å². The molecule has 0 atom stereocenters. The monoisotopic (exact) mass is 766 g/mol. The predicted octanol–water partition coefficient (Wildman–Crippen LogP) is 13.1. The van der Waals surface area contributed by atoms with Gasteiger partial charge in [-0.15, -0.1) is 0 Å². The lowest BCUT2D eigenvalue weighted by Gasteiger charge is -2.19. The maximum absolute atomic E-state index is 8.86. The number of rotatable bonds is 8. The third-order valence-electron chi connectivity index (χ3n) is 10.1. The standard InChI is InChI=1S/C53H48N4O/c1-52(2,3)35-37-27-28-54-50(31-37)57-48-26-23-40(53(4,5)6)32-47(48)46-25-24-43(34-49(46)57)58-42-20-13-19-41(33-42)55-29-30-56(36-55)51-44(38-15-9-7-10-16-38)21-14-22-45(51)39-17-11-8-12-18-39/h7-34H,35H2,1-6H3/i7D,8D,9D,10D,11D,12D,15D,16D,17D,18D. The number of fused-ring (bicyclic) bond motifs is 3. The predicted molar refractivity (Wildman–Crippen MR) is 238 cm³/mol. The number of pyridine rings is 1. The fraction of sp³-hybridized carbons (Fsp3) is 0.170. The smallest absolute Gasteiger partial charge is 0.268 e. The first-order valence-electron chi connectivity index (χ1n) is 24.3. The van der Waals surface area contributed by atoms with Crippen LogP contribution < -0.4 is 9.30 Å². The van der Waals surface area contributed by atoms with Gasteiger partial charge in [-0.2, -0.15) is 0 Å². The van der Waals surface area contributed by atoms with Gasteiger partial charge in [0, 0.05) is 35.4 Å². The maximum Gasteiger partial charge on any atom is 0.268 e. The molecule has 0 aliphatic carbocycles. The van der Waals surface area contributed by atoms with Crippen LogP contribution in [0.5, 0.6) is 11.5 Å². The van der Waals surface area contributed by atoms with Gasteiger partial charge in [-0.25, -0.2) is 4.98 Å². The van der Waals surface area contributed by atoms with E-state index in [1.54, 1.807) is 35.2 Å². The zero-order chi connectivity index (χ0) is 48.7. The van der Waals surface area contributed by atoms with Crippen molar-refractivity contribution in [3.8, 4) is 50.9 Å². The van der Waals surface area contributed by atoms with Crippen molar-refractivity contribution in [2.75, 3.05) is 0 Å². The van der Waals surface area contributed by atoms with Crippen molar-refractivity contribution < 1.29 is 23.0 Å². The molecule has 0 unspecified atom stereocenters. The Kier molecular flexibility index (Phi) is 6.82. The van der Waals surface area contributed by atoms with Crippen LogP contribution in [-0.2, 0) is 11.8 Å². The highest BCUT2D eigenvalue weighted by molar-refractivity contribution is 6.09. The fourth-order valence-electron chi connectivity index (χ4n) is 7.48. The highest BCUT2D eigenvalue weighted by Gasteiger charge is 2.21. The molecule has 5 heteroatoms. The van der Waals surface area contributed by atoms with Crippen LogP contribution in [0.2, 0.25) is 0 Å². The van der Waals surface area contributed by atoms with Crippen molar-refractivity contribution in [2.24, 2.45) is 5.41 Å². The minimum atomic E-state index is -0.560. The minimum absolute atomic E-state index is 0.0572. The van der Waals surface area contributed by atoms with Crippen molar-refractivity contribution in [1.29, 1.82) is 0 Å². The molecule has 9 rings (SSSR count). The Balaban J connectivity index is 1.15. The van der Waals surface area contributed by atoms with E-state index < -0.39 is 60.4 Å². The van der Waals surface area contributed by atoms with E-state index in [0.29, 0.717) is 17.2 Å². The van der Waals surface area contributed by atoms with E-state index in [1.165, 1.54) is 15.7 Å². The SMILES string of the molecule is [2H]c1c([2H])c([2H])c(-c2cccc(-c3c([2H])c([2H])c([2H])c([2H])c3[2H])c2-[n+]2[c-]n(-c3cccc(Oc4ccc5c6cc(C(C)(C)C)ccc6n(-c6cc(CC(C)(C)C)ccn6)c5c4)c3)cc2)c([2H])c1[2H]. The third-order valence-corrected chi connectivity index (χ3v) is 10.1. The van der Waals surface area contributed by atoms with Crippen molar-refractivity contribution in [3.63, 3.8) is 0 Å². The maximum atomic E-state index is 8.86. The van der Waals surface area contributed by atoms with Crippen LogP contribution in [0, 0.1) is 11.7 Å². The number of aromatic nitrogens is 4. The summed E-state index contributed by atoms with van der Waals surface area (Å²) in [6.45, 7) is 13.3. The molecule has 0 N–H and O–H groups in total. The Hall–Kier alpha value is -6.72. The van der Waals surface area contributed by atoms with Gasteiger partial charge in [-0.3, -0.25) is 13.7 Å². The average molecular weight is 767 g/mol. The molecule has 3 heterocycles. The lowest BCUT2D eigenvalue weighted by Crippen LogP contribution is -2.30. The largest absolute Gasteiger partial charge is 0.458 e. The van der Waals surface area contributed by atoms with Gasteiger partial charge in [0.15, 0.2) is 0 Å².